The molecule has 2 N–H and O–H groups in total. The number of aryl methyl sites for hydroxylation is 1. The molecule has 1 heterocycles. The molecule has 0 saturated carbocycles. The van der Waals surface area contributed by atoms with E-state index in [1.807, 2.05) is 31.2 Å². The molecule has 0 aliphatic heterocycles. The van der Waals surface area contributed by atoms with Crippen LogP contribution < -0.4 is 10.6 Å². The van der Waals surface area contributed by atoms with E-state index in [1.165, 1.54) is 11.3 Å². The minimum absolute atomic E-state index is 0.0379. The van der Waals surface area contributed by atoms with Gasteiger partial charge in [0, 0.05) is 16.5 Å². The van der Waals surface area contributed by atoms with E-state index >= 15 is 0 Å². The maximum Gasteiger partial charge on any atom is 0.321 e. The fourth-order valence-corrected chi connectivity index (χ4v) is 2.92. The summed E-state index contributed by atoms with van der Waals surface area (Å²) in [7, 11) is 0. The Hall–Kier alpha value is -2.74. The van der Waals surface area contributed by atoms with Gasteiger partial charge in [-0.3, -0.25) is 14.9 Å². The van der Waals surface area contributed by atoms with Crippen LogP contribution in [0.5, 0.6) is 0 Å². The molecule has 0 saturated heterocycles. The number of hydrogen-bond donors (Lipinski definition) is 2. The Labute approximate surface area is 162 Å². The number of benzene rings is 1. The Balaban J connectivity index is 1.80. The Morgan fingerprint density at radius 2 is 1.81 bits per heavy atom. The van der Waals surface area contributed by atoms with Crippen LogP contribution in [-0.2, 0) is 20.7 Å². The fourth-order valence-electron chi connectivity index (χ4n) is 2.10. The summed E-state index contributed by atoms with van der Waals surface area (Å²) in [5.74, 6) is -1.27. The average molecular weight is 389 g/mol. The smallest absolute Gasteiger partial charge is 0.321 e. The van der Waals surface area contributed by atoms with Gasteiger partial charge in [0.25, 0.3) is 5.91 Å². The second-order valence-electron chi connectivity index (χ2n) is 7.10. The van der Waals surface area contributed by atoms with E-state index in [-0.39, 0.29) is 6.42 Å². The van der Waals surface area contributed by atoms with Gasteiger partial charge in [-0.1, -0.05) is 29.8 Å². The third-order valence-electron chi connectivity index (χ3n) is 3.28. The van der Waals surface area contributed by atoms with Gasteiger partial charge in [0.1, 0.15) is 5.01 Å². The molecule has 0 aliphatic rings. The van der Waals surface area contributed by atoms with Gasteiger partial charge in [0.15, 0.2) is 6.61 Å². The molecule has 0 aliphatic carbocycles. The molecule has 0 radical (unpaired) electrons. The standard InChI is InChI=1S/C19H23N3O4S/c1-12-5-7-13(8-6-12)17-20-14(11-27-17)9-16(24)26-10-15(23)21-18(25)22-19(2,3)4/h5-8,11H,9-10H2,1-4H3,(H2,21,22,23,25). The first-order chi connectivity index (χ1) is 12.6. The highest BCUT2D eigenvalue weighted by Crippen LogP contribution is 2.24. The Morgan fingerprint density at radius 1 is 1.15 bits per heavy atom. The number of esters is 1. The number of rotatable bonds is 5. The fraction of sp³-hybridized carbons (Fsp3) is 0.368. The number of thiazole rings is 1. The van der Waals surface area contributed by atoms with Crippen molar-refractivity contribution in [3.8, 4) is 10.6 Å². The molecule has 2 rings (SSSR count). The predicted octanol–water partition coefficient (Wildman–Crippen LogP) is 2.83. The zero-order valence-electron chi connectivity index (χ0n) is 15.8. The van der Waals surface area contributed by atoms with Gasteiger partial charge < -0.3 is 10.1 Å². The van der Waals surface area contributed by atoms with E-state index in [0.29, 0.717) is 5.69 Å². The molecule has 0 unspecified atom stereocenters. The van der Waals surface area contributed by atoms with Crippen molar-refractivity contribution in [2.45, 2.75) is 39.7 Å². The first-order valence-corrected chi connectivity index (χ1v) is 9.29. The van der Waals surface area contributed by atoms with E-state index in [9.17, 15) is 14.4 Å². The molecular weight excluding hydrogens is 366 g/mol. The lowest BCUT2D eigenvalue weighted by Crippen LogP contribution is -2.49. The number of hydrogen-bond acceptors (Lipinski definition) is 6. The summed E-state index contributed by atoms with van der Waals surface area (Å²) >= 11 is 1.44. The monoisotopic (exact) mass is 389 g/mol. The van der Waals surface area contributed by atoms with Gasteiger partial charge in [-0.05, 0) is 27.7 Å². The normalized spacial score (nSPS) is 11.0. The lowest BCUT2D eigenvalue weighted by molar-refractivity contribution is -0.147. The molecule has 7 nitrogen and oxygen atoms in total. The van der Waals surface area contributed by atoms with E-state index < -0.39 is 30.1 Å². The highest BCUT2D eigenvalue weighted by Gasteiger charge is 2.17. The van der Waals surface area contributed by atoms with Crippen LogP contribution in [0.25, 0.3) is 10.6 Å². The van der Waals surface area contributed by atoms with Crippen molar-refractivity contribution in [1.29, 1.82) is 0 Å². The Kier molecular flexibility index (Phi) is 6.68. The van der Waals surface area contributed by atoms with E-state index in [0.717, 1.165) is 16.1 Å². The third-order valence-corrected chi connectivity index (χ3v) is 4.22. The summed E-state index contributed by atoms with van der Waals surface area (Å²) in [6.45, 7) is 6.85. The maximum atomic E-state index is 11.9. The molecule has 0 fully saturated rings. The van der Waals surface area contributed by atoms with Crippen LogP contribution in [0.2, 0.25) is 0 Å². The molecular formula is C19H23N3O4S. The van der Waals surface area contributed by atoms with E-state index in [4.69, 9.17) is 4.74 Å². The number of aromatic nitrogens is 1. The molecule has 0 bridgehead atoms. The average Bonchev–Trinajstić information content (AvgIpc) is 3.00. The van der Waals surface area contributed by atoms with Crippen molar-refractivity contribution in [3.05, 3.63) is 40.9 Å². The molecule has 1 aromatic heterocycles. The molecule has 0 spiro atoms. The highest BCUT2D eigenvalue weighted by atomic mass is 32.1. The van der Waals surface area contributed by atoms with Crippen molar-refractivity contribution in [2.75, 3.05) is 6.61 Å². The molecule has 2 aromatic rings. The topological polar surface area (TPSA) is 97.4 Å². The number of nitrogens with zero attached hydrogens (tertiary/aromatic N) is 1. The molecule has 8 heteroatoms. The van der Waals surface area contributed by atoms with Gasteiger partial charge in [0.05, 0.1) is 12.1 Å². The summed E-state index contributed by atoms with van der Waals surface area (Å²) in [6.07, 6.45) is -0.0379. The second-order valence-corrected chi connectivity index (χ2v) is 7.96. The lowest BCUT2D eigenvalue weighted by Gasteiger charge is -2.20. The van der Waals surface area contributed by atoms with Crippen molar-refractivity contribution in [2.24, 2.45) is 0 Å². The quantitative estimate of drug-likeness (QED) is 0.767. The number of carbonyl (C=O) groups is 3. The lowest BCUT2D eigenvalue weighted by atomic mass is 10.1. The first kappa shape index (κ1) is 20.6. The van der Waals surface area contributed by atoms with Crippen molar-refractivity contribution in [3.63, 3.8) is 0 Å². The number of urea groups is 1. The minimum Gasteiger partial charge on any atom is -0.455 e. The van der Waals surface area contributed by atoms with Crippen LogP contribution in [0.3, 0.4) is 0 Å². The van der Waals surface area contributed by atoms with Crippen molar-refractivity contribution < 1.29 is 19.1 Å². The van der Waals surface area contributed by atoms with Gasteiger partial charge in [-0.2, -0.15) is 0 Å². The molecule has 144 valence electrons. The highest BCUT2D eigenvalue weighted by molar-refractivity contribution is 7.13. The molecule has 3 amide bonds. The van der Waals surface area contributed by atoms with Crippen molar-refractivity contribution in [1.82, 2.24) is 15.6 Å². The van der Waals surface area contributed by atoms with Gasteiger partial charge in [-0.15, -0.1) is 11.3 Å². The molecule has 27 heavy (non-hydrogen) atoms. The van der Waals surface area contributed by atoms with E-state index in [2.05, 4.69) is 15.6 Å². The predicted molar refractivity (Wildman–Crippen MR) is 103 cm³/mol. The van der Waals surface area contributed by atoms with Crippen LogP contribution in [0.4, 0.5) is 4.79 Å². The Morgan fingerprint density at radius 3 is 2.44 bits per heavy atom. The molecule has 1 aromatic carbocycles. The number of imide groups is 1. The number of ether oxygens (including phenoxy) is 1. The zero-order chi connectivity index (χ0) is 20.0. The van der Waals surface area contributed by atoms with Crippen LogP contribution in [-0.4, -0.2) is 35.0 Å². The number of carbonyl (C=O) groups excluding carboxylic acids is 3. The van der Waals surface area contributed by atoms with E-state index in [1.54, 1.807) is 26.2 Å². The van der Waals surface area contributed by atoms with Gasteiger partial charge >= 0.3 is 12.0 Å². The number of nitrogens with one attached hydrogen (secondary N) is 2. The Bertz CT molecular complexity index is 822. The maximum absolute atomic E-state index is 11.9. The SMILES string of the molecule is Cc1ccc(-c2nc(CC(=O)OCC(=O)NC(=O)NC(C)(C)C)cs2)cc1. The van der Waals surface area contributed by atoms with Crippen LogP contribution >= 0.6 is 11.3 Å². The summed E-state index contributed by atoms with van der Waals surface area (Å²) in [5, 5.41) is 7.28. The first-order valence-electron chi connectivity index (χ1n) is 8.41. The van der Waals surface area contributed by atoms with Crippen LogP contribution in [0, 0.1) is 6.92 Å². The second kappa shape index (κ2) is 8.77. The van der Waals surface area contributed by atoms with Crippen LogP contribution in [0.1, 0.15) is 32.0 Å². The van der Waals surface area contributed by atoms with Crippen LogP contribution in [0.15, 0.2) is 29.6 Å². The number of amides is 3. The summed E-state index contributed by atoms with van der Waals surface area (Å²) in [4.78, 5) is 39.5. The summed E-state index contributed by atoms with van der Waals surface area (Å²) in [5.41, 5.74) is 2.25. The minimum atomic E-state index is -0.691. The third kappa shape index (κ3) is 7.18. The largest absolute Gasteiger partial charge is 0.455 e. The van der Waals surface area contributed by atoms with Gasteiger partial charge in [0.2, 0.25) is 0 Å². The van der Waals surface area contributed by atoms with Crippen molar-refractivity contribution >= 4 is 29.2 Å². The summed E-state index contributed by atoms with van der Waals surface area (Å²) < 4.78 is 4.90. The zero-order valence-corrected chi connectivity index (χ0v) is 16.6. The molecule has 0 atom stereocenters. The summed E-state index contributed by atoms with van der Waals surface area (Å²) in [6, 6.07) is 7.32. The van der Waals surface area contributed by atoms with Gasteiger partial charge in [-0.25, -0.2) is 9.78 Å².